The lowest BCUT2D eigenvalue weighted by Crippen LogP contribution is -2.40. The highest BCUT2D eigenvalue weighted by Gasteiger charge is 2.25. The van der Waals surface area contributed by atoms with Crippen molar-refractivity contribution in [1.29, 1.82) is 0 Å². The molecule has 0 radical (unpaired) electrons. The molecule has 1 N–H and O–H groups in total. The lowest BCUT2D eigenvalue weighted by Gasteiger charge is -2.33. The van der Waals surface area contributed by atoms with E-state index >= 15 is 0 Å². The average Bonchev–Trinajstić information content (AvgIpc) is 2.61. The molecule has 2 aromatic rings. The van der Waals surface area contributed by atoms with Crippen molar-refractivity contribution < 1.29 is 18.7 Å². The maximum Gasteiger partial charge on any atom is 0.257 e. The highest BCUT2D eigenvalue weighted by molar-refractivity contribution is 5.96. The minimum Gasteiger partial charge on any atom is -0.507 e. The highest BCUT2D eigenvalue weighted by Crippen LogP contribution is 2.25. The molecule has 1 atom stereocenters. The summed E-state index contributed by atoms with van der Waals surface area (Å²) in [4.78, 5) is 14.4. The summed E-state index contributed by atoms with van der Waals surface area (Å²) < 4.78 is 26.7. The largest absolute Gasteiger partial charge is 0.507 e. The van der Waals surface area contributed by atoms with E-state index in [1.165, 1.54) is 18.2 Å². The molecule has 1 amide bonds. The third kappa shape index (κ3) is 4.16. The van der Waals surface area contributed by atoms with Crippen LogP contribution in [0.25, 0.3) is 0 Å². The van der Waals surface area contributed by atoms with Crippen molar-refractivity contribution in [3.8, 4) is 5.75 Å². The number of para-hydroxylation sites is 1. The van der Waals surface area contributed by atoms with Gasteiger partial charge in [0.25, 0.3) is 5.91 Å². The van der Waals surface area contributed by atoms with Gasteiger partial charge in [-0.15, -0.1) is 0 Å². The van der Waals surface area contributed by atoms with Crippen molar-refractivity contribution in [2.45, 2.75) is 25.7 Å². The number of phenolic OH excluding ortho intramolecular Hbond substituents is 1. The smallest absolute Gasteiger partial charge is 0.257 e. The van der Waals surface area contributed by atoms with E-state index in [1.54, 1.807) is 23.1 Å². The van der Waals surface area contributed by atoms with Gasteiger partial charge in [-0.05, 0) is 55.4 Å². The number of aryl methyl sites for hydroxylation is 1. The van der Waals surface area contributed by atoms with Crippen molar-refractivity contribution in [3.05, 3.63) is 65.2 Å². The van der Waals surface area contributed by atoms with Gasteiger partial charge in [0.1, 0.15) is 17.4 Å². The second-order valence-electron chi connectivity index (χ2n) is 6.55. The van der Waals surface area contributed by atoms with Crippen LogP contribution in [0.4, 0.5) is 8.78 Å². The van der Waals surface area contributed by atoms with Gasteiger partial charge in [-0.3, -0.25) is 4.79 Å². The zero-order valence-electron chi connectivity index (χ0n) is 13.9. The van der Waals surface area contributed by atoms with Crippen LogP contribution in [0.1, 0.15) is 35.2 Å². The van der Waals surface area contributed by atoms with Gasteiger partial charge in [0.05, 0.1) is 5.56 Å². The standard InChI is InChI=1S/C20H21F2NO2/c21-16-10-9-15(18(22)12-16)8-7-14-4-3-11-23(13-14)20(25)17-5-1-2-6-19(17)24/h1-2,5-6,9-10,12,14,24H,3-4,7-8,11,13H2. The van der Waals surface area contributed by atoms with Crippen molar-refractivity contribution in [2.75, 3.05) is 13.1 Å². The van der Waals surface area contributed by atoms with Crippen LogP contribution in [-0.2, 0) is 6.42 Å². The Kier molecular flexibility index (Phi) is 5.31. The van der Waals surface area contributed by atoms with Crippen LogP contribution < -0.4 is 0 Å². The minimum absolute atomic E-state index is 0.0111. The Balaban J connectivity index is 1.61. The summed E-state index contributed by atoms with van der Waals surface area (Å²) in [6, 6.07) is 10.2. The Morgan fingerprint density at radius 1 is 1.20 bits per heavy atom. The number of carbonyl (C=O) groups is 1. The Hall–Kier alpha value is -2.43. The maximum absolute atomic E-state index is 13.7. The van der Waals surface area contributed by atoms with E-state index in [0.29, 0.717) is 30.6 Å². The summed E-state index contributed by atoms with van der Waals surface area (Å²) >= 11 is 0. The molecule has 132 valence electrons. The van der Waals surface area contributed by atoms with Gasteiger partial charge in [0, 0.05) is 19.2 Å². The van der Waals surface area contributed by atoms with Crippen molar-refractivity contribution in [3.63, 3.8) is 0 Å². The molecule has 1 saturated heterocycles. The molecule has 1 aliphatic rings. The third-order valence-electron chi connectivity index (χ3n) is 4.78. The molecule has 5 heteroatoms. The Bertz CT molecular complexity index is 763. The van der Waals surface area contributed by atoms with Gasteiger partial charge in [0.2, 0.25) is 0 Å². The molecule has 1 unspecified atom stereocenters. The van der Waals surface area contributed by atoms with Crippen LogP contribution in [0.3, 0.4) is 0 Å². The van der Waals surface area contributed by atoms with Crippen LogP contribution >= 0.6 is 0 Å². The van der Waals surface area contributed by atoms with E-state index in [2.05, 4.69) is 0 Å². The summed E-state index contributed by atoms with van der Waals surface area (Å²) in [5, 5.41) is 9.86. The lowest BCUT2D eigenvalue weighted by molar-refractivity contribution is 0.0665. The number of hydrogen-bond donors (Lipinski definition) is 1. The molecular weight excluding hydrogens is 324 g/mol. The van der Waals surface area contributed by atoms with Gasteiger partial charge in [-0.25, -0.2) is 8.78 Å². The molecule has 25 heavy (non-hydrogen) atoms. The van der Waals surface area contributed by atoms with Crippen LogP contribution in [0, 0.1) is 17.6 Å². The Morgan fingerprint density at radius 2 is 2.00 bits per heavy atom. The zero-order chi connectivity index (χ0) is 17.8. The van der Waals surface area contributed by atoms with Gasteiger partial charge in [0.15, 0.2) is 0 Å². The van der Waals surface area contributed by atoms with Crippen molar-refractivity contribution in [2.24, 2.45) is 5.92 Å². The predicted molar refractivity (Wildman–Crippen MR) is 91.4 cm³/mol. The van der Waals surface area contributed by atoms with E-state index in [0.717, 1.165) is 25.3 Å². The first kappa shape index (κ1) is 17.4. The number of hydrogen-bond acceptors (Lipinski definition) is 2. The first-order chi connectivity index (χ1) is 12.0. The van der Waals surface area contributed by atoms with E-state index in [9.17, 15) is 18.7 Å². The zero-order valence-corrected chi connectivity index (χ0v) is 13.9. The SMILES string of the molecule is O=C(c1ccccc1O)N1CCCC(CCc2ccc(F)cc2F)C1. The average molecular weight is 345 g/mol. The fraction of sp³-hybridized carbons (Fsp3) is 0.350. The lowest BCUT2D eigenvalue weighted by atomic mass is 9.91. The van der Waals surface area contributed by atoms with Gasteiger partial charge >= 0.3 is 0 Å². The maximum atomic E-state index is 13.7. The molecule has 0 aliphatic carbocycles. The number of amides is 1. The molecule has 1 aliphatic heterocycles. The molecule has 0 saturated carbocycles. The second kappa shape index (κ2) is 7.64. The number of likely N-dealkylation sites (tertiary alicyclic amines) is 1. The van der Waals surface area contributed by atoms with Crippen LogP contribution in [0.2, 0.25) is 0 Å². The molecule has 2 aromatic carbocycles. The quantitative estimate of drug-likeness (QED) is 0.904. The first-order valence-electron chi connectivity index (χ1n) is 8.56. The molecule has 0 spiro atoms. The molecule has 0 bridgehead atoms. The number of nitrogens with zero attached hydrogens (tertiary/aromatic N) is 1. The topological polar surface area (TPSA) is 40.5 Å². The molecule has 1 fully saturated rings. The number of rotatable bonds is 4. The predicted octanol–water partition coefficient (Wildman–Crippen LogP) is 4.16. The number of carbonyl (C=O) groups excluding carboxylic acids is 1. The Labute approximate surface area is 145 Å². The fourth-order valence-electron chi connectivity index (χ4n) is 3.39. The van der Waals surface area contributed by atoms with E-state index in [4.69, 9.17) is 0 Å². The Morgan fingerprint density at radius 3 is 2.76 bits per heavy atom. The summed E-state index contributed by atoms with van der Waals surface area (Å²) in [5.74, 6) is -0.997. The molecule has 0 aromatic heterocycles. The normalized spacial score (nSPS) is 17.5. The van der Waals surface area contributed by atoms with Gasteiger partial charge in [-0.1, -0.05) is 18.2 Å². The molecular formula is C20H21F2NO2. The number of phenols is 1. The third-order valence-corrected chi connectivity index (χ3v) is 4.78. The number of benzene rings is 2. The highest BCUT2D eigenvalue weighted by atomic mass is 19.1. The van der Waals surface area contributed by atoms with Crippen LogP contribution in [0.5, 0.6) is 5.75 Å². The fourth-order valence-corrected chi connectivity index (χ4v) is 3.39. The number of piperidine rings is 1. The summed E-state index contributed by atoms with van der Waals surface area (Å²) in [5.41, 5.74) is 0.818. The van der Waals surface area contributed by atoms with Gasteiger partial charge in [-0.2, -0.15) is 0 Å². The minimum atomic E-state index is -0.571. The van der Waals surface area contributed by atoms with Gasteiger partial charge < -0.3 is 10.0 Å². The summed E-state index contributed by atoms with van der Waals surface area (Å²) in [6.07, 6.45) is 3.13. The number of aromatic hydroxyl groups is 1. The molecule has 3 nitrogen and oxygen atoms in total. The van der Waals surface area contributed by atoms with E-state index < -0.39 is 11.6 Å². The summed E-state index contributed by atoms with van der Waals surface area (Å²) in [6.45, 7) is 1.25. The van der Waals surface area contributed by atoms with Crippen LogP contribution in [0.15, 0.2) is 42.5 Å². The monoisotopic (exact) mass is 345 g/mol. The van der Waals surface area contributed by atoms with E-state index in [-0.39, 0.29) is 17.6 Å². The molecule has 1 heterocycles. The first-order valence-corrected chi connectivity index (χ1v) is 8.56. The van der Waals surface area contributed by atoms with Crippen molar-refractivity contribution in [1.82, 2.24) is 4.90 Å². The summed E-state index contributed by atoms with van der Waals surface area (Å²) in [7, 11) is 0. The second-order valence-corrected chi connectivity index (χ2v) is 6.55. The van der Waals surface area contributed by atoms with E-state index in [1.807, 2.05) is 0 Å². The number of halogens is 2. The van der Waals surface area contributed by atoms with Crippen molar-refractivity contribution >= 4 is 5.91 Å². The van der Waals surface area contributed by atoms with Crippen LogP contribution in [-0.4, -0.2) is 29.0 Å². The molecule has 3 rings (SSSR count).